The smallest absolute Gasteiger partial charge is 0.224 e. The van der Waals surface area contributed by atoms with E-state index in [2.05, 4.69) is 5.32 Å². The van der Waals surface area contributed by atoms with Gasteiger partial charge in [0.2, 0.25) is 5.91 Å². The zero-order valence-electron chi connectivity index (χ0n) is 9.67. The summed E-state index contributed by atoms with van der Waals surface area (Å²) in [7, 11) is 0. The zero-order chi connectivity index (χ0) is 12.8. The van der Waals surface area contributed by atoms with Crippen LogP contribution in [0.4, 0.5) is 14.5 Å². The lowest BCUT2D eigenvalue weighted by Crippen LogP contribution is -2.16. The molecule has 0 spiro atoms. The minimum atomic E-state index is -0.974. The highest BCUT2D eigenvalue weighted by molar-refractivity contribution is 5.90. The highest BCUT2D eigenvalue weighted by Gasteiger charge is 2.07. The Hall–Kier alpha value is -1.49. The zero-order valence-corrected chi connectivity index (χ0v) is 9.67. The third-order valence-electron chi connectivity index (χ3n) is 2.47. The molecule has 17 heavy (non-hydrogen) atoms. The van der Waals surface area contributed by atoms with Gasteiger partial charge in [0, 0.05) is 18.2 Å². The summed E-state index contributed by atoms with van der Waals surface area (Å²) in [5.74, 6) is -1.86. The summed E-state index contributed by atoms with van der Waals surface area (Å²) in [6.07, 6.45) is 0.989. The summed E-state index contributed by atoms with van der Waals surface area (Å²) < 4.78 is 25.5. The predicted octanol–water partition coefficient (Wildman–Crippen LogP) is 2.28. The van der Waals surface area contributed by atoms with Crippen molar-refractivity contribution in [1.29, 1.82) is 0 Å². The van der Waals surface area contributed by atoms with E-state index < -0.39 is 11.6 Å². The number of nitrogens with two attached hydrogens (primary N) is 1. The SMILES string of the molecule is CC(CN)CCC(=O)Nc1ccc(F)c(F)c1. The number of anilines is 1. The standard InChI is InChI=1S/C12H16F2N2O/c1-8(7-15)2-5-12(17)16-9-3-4-10(13)11(14)6-9/h3-4,6,8H,2,5,7,15H2,1H3,(H,16,17). The van der Waals surface area contributed by atoms with Crippen LogP contribution in [0.5, 0.6) is 0 Å². The van der Waals surface area contributed by atoms with Gasteiger partial charge in [-0.1, -0.05) is 6.92 Å². The predicted molar refractivity (Wildman–Crippen MR) is 62.4 cm³/mol. The first kappa shape index (κ1) is 13.6. The fourth-order valence-electron chi connectivity index (χ4n) is 1.29. The molecular weight excluding hydrogens is 226 g/mol. The van der Waals surface area contributed by atoms with Crippen molar-refractivity contribution in [2.75, 3.05) is 11.9 Å². The van der Waals surface area contributed by atoms with Crippen LogP contribution in [0.3, 0.4) is 0 Å². The van der Waals surface area contributed by atoms with Gasteiger partial charge >= 0.3 is 0 Å². The number of hydrogen-bond donors (Lipinski definition) is 2. The van der Waals surface area contributed by atoms with E-state index in [1.807, 2.05) is 6.92 Å². The van der Waals surface area contributed by atoms with Crippen molar-refractivity contribution >= 4 is 11.6 Å². The van der Waals surface area contributed by atoms with Crippen LogP contribution in [0.25, 0.3) is 0 Å². The van der Waals surface area contributed by atoms with Gasteiger partial charge in [-0.05, 0) is 31.0 Å². The normalized spacial score (nSPS) is 12.2. The molecule has 1 atom stereocenters. The topological polar surface area (TPSA) is 55.1 Å². The van der Waals surface area contributed by atoms with E-state index in [0.717, 1.165) is 12.1 Å². The molecule has 1 aromatic rings. The van der Waals surface area contributed by atoms with Gasteiger partial charge in [-0.25, -0.2) is 8.78 Å². The lowest BCUT2D eigenvalue weighted by Gasteiger charge is -2.08. The van der Waals surface area contributed by atoms with Crippen molar-refractivity contribution in [3.63, 3.8) is 0 Å². The number of nitrogens with one attached hydrogen (secondary N) is 1. The van der Waals surface area contributed by atoms with Crippen molar-refractivity contribution in [2.45, 2.75) is 19.8 Å². The third kappa shape index (κ3) is 4.48. The maximum atomic E-state index is 12.9. The average Bonchev–Trinajstić information content (AvgIpc) is 2.31. The van der Waals surface area contributed by atoms with Crippen molar-refractivity contribution in [1.82, 2.24) is 0 Å². The highest BCUT2D eigenvalue weighted by atomic mass is 19.2. The number of amides is 1. The highest BCUT2D eigenvalue weighted by Crippen LogP contribution is 2.14. The van der Waals surface area contributed by atoms with Crippen LogP contribution < -0.4 is 11.1 Å². The summed E-state index contributed by atoms with van der Waals surface area (Å²) in [4.78, 5) is 11.5. The van der Waals surface area contributed by atoms with Gasteiger partial charge in [0.1, 0.15) is 0 Å². The van der Waals surface area contributed by atoms with Gasteiger partial charge in [-0.3, -0.25) is 4.79 Å². The summed E-state index contributed by atoms with van der Waals surface area (Å²) in [6.45, 7) is 2.48. The number of rotatable bonds is 5. The summed E-state index contributed by atoms with van der Waals surface area (Å²) in [5, 5.41) is 2.50. The molecule has 1 aromatic carbocycles. The van der Waals surface area contributed by atoms with Crippen LogP contribution in [-0.4, -0.2) is 12.5 Å². The molecule has 0 heterocycles. The van der Waals surface area contributed by atoms with E-state index in [0.29, 0.717) is 19.4 Å². The van der Waals surface area contributed by atoms with Crippen molar-refractivity contribution in [3.8, 4) is 0 Å². The van der Waals surface area contributed by atoms with E-state index in [4.69, 9.17) is 5.73 Å². The van der Waals surface area contributed by atoms with E-state index in [9.17, 15) is 13.6 Å². The second-order valence-electron chi connectivity index (χ2n) is 4.06. The maximum Gasteiger partial charge on any atom is 0.224 e. The number of hydrogen-bond acceptors (Lipinski definition) is 2. The van der Waals surface area contributed by atoms with Crippen LogP contribution in [0.2, 0.25) is 0 Å². The summed E-state index contributed by atoms with van der Waals surface area (Å²) in [5.41, 5.74) is 5.68. The van der Waals surface area contributed by atoms with Crippen LogP contribution in [-0.2, 0) is 4.79 Å². The van der Waals surface area contributed by atoms with Gasteiger partial charge in [-0.15, -0.1) is 0 Å². The van der Waals surface area contributed by atoms with Gasteiger partial charge in [0.15, 0.2) is 11.6 Å². The first-order valence-corrected chi connectivity index (χ1v) is 5.48. The van der Waals surface area contributed by atoms with Crippen LogP contribution in [0.1, 0.15) is 19.8 Å². The van der Waals surface area contributed by atoms with Crippen LogP contribution in [0, 0.1) is 17.6 Å². The van der Waals surface area contributed by atoms with Gasteiger partial charge in [-0.2, -0.15) is 0 Å². The Morgan fingerprint density at radius 1 is 1.41 bits per heavy atom. The van der Waals surface area contributed by atoms with E-state index in [1.54, 1.807) is 0 Å². The fourth-order valence-corrected chi connectivity index (χ4v) is 1.29. The quantitative estimate of drug-likeness (QED) is 0.832. The first-order valence-electron chi connectivity index (χ1n) is 5.48. The lowest BCUT2D eigenvalue weighted by atomic mass is 10.1. The Kier molecular flexibility index (Phi) is 5.03. The van der Waals surface area contributed by atoms with E-state index in [-0.39, 0.29) is 17.5 Å². The number of carbonyl (C=O) groups excluding carboxylic acids is 1. The van der Waals surface area contributed by atoms with E-state index >= 15 is 0 Å². The van der Waals surface area contributed by atoms with Gasteiger partial charge in [0.25, 0.3) is 0 Å². The minimum absolute atomic E-state index is 0.226. The van der Waals surface area contributed by atoms with Crippen LogP contribution >= 0.6 is 0 Å². The first-order chi connectivity index (χ1) is 8.02. The molecule has 0 fully saturated rings. The molecule has 5 heteroatoms. The molecule has 0 aliphatic rings. The van der Waals surface area contributed by atoms with Crippen LogP contribution in [0.15, 0.2) is 18.2 Å². The maximum absolute atomic E-state index is 12.9. The molecule has 3 N–H and O–H groups in total. The third-order valence-corrected chi connectivity index (χ3v) is 2.47. The molecule has 0 saturated heterocycles. The lowest BCUT2D eigenvalue weighted by molar-refractivity contribution is -0.116. The molecule has 0 radical (unpaired) electrons. The molecule has 1 unspecified atom stereocenters. The Balaban J connectivity index is 2.48. The minimum Gasteiger partial charge on any atom is -0.330 e. The number of carbonyl (C=O) groups is 1. The molecule has 0 aliphatic heterocycles. The van der Waals surface area contributed by atoms with Gasteiger partial charge in [0.05, 0.1) is 0 Å². The number of halogens is 2. The Bertz CT molecular complexity index is 396. The fraction of sp³-hybridized carbons (Fsp3) is 0.417. The summed E-state index contributed by atoms with van der Waals surface area (Å²) in [6, 6.07) is 3.26. The van der Waals surface area contributed by atoms with Gasteiger partial charge < -0.3 is 11.1 Å². The number of benzene rings is 1. The largest absolute Gasteiger partial charge is 0.330 e. The molecule has 3 nitrogen and oxygen atoms in total. The average molecular weight is 242 g/mol. The monoisotopic (exact) mass is 242 g/mol. The Morgan fingerprint density at radius 3 is 2.71 bits per heavy atom. The van der Waals surface area contributed by atoms with Crippen molar-refractivity contribution in [3.05, 3.63) is 29.8 Å². The van der Waals surface area contributed by atoms with E-state index in [1.165, 1.54) is 6.07 Å². The molecule has 0 saturated carbocycles. The second kappa shape index (κ2) is 6.30. The second-order valence-corrected chi connectivity index (χ2v) is 4.06. The molecule has 0 aliphatic carbocycles. The van der Waals surface area contributed by atoms with Crippen molar-refractivity contribution in [2.24, 2.45) is 11.7 Å². The van der Waals surface area contributed by atoms with Crippen molar-refractivity contribution < 1.29 is 13.6 Å². The molecule has 0 aromatic heterocycles. The Labute approximate surface area is 99.0 Å². The molecule has 94 valence electrons. The Morgan fingerprint density at radius 2 is 2.12 bits per heavy atom. The molecule has 0 bridgehead atoms. The molecule has 1 rings (SSSR count). The molecule has 1 amide bonds. The molecular formula is C12H16F2N2O. The summed E-state index contributed by atoms with van der Waals surface area (Å²) >= 11 is 0.